The van der Waals surface area contributed by atoms with Gasteiger partial charge >= 0.3 is 0 Å². The lowest BCUT2D eigenvalue weighted by Crippen LogP contribution is -2.41. The predicted molar refractivity (Wildman–Crippen MR) is 84.9 cm³/mol. The van der Waals surface area contributed by atoms with E-state index in [-0.39, 0.29) is 17.9 Å². The minimum Gasteiger partial charge on any atom is -0.349 e. The van der Waals surface area contributed by atoms with E-state index in [4.69, 9.17) is 0 Å². The van der Waals surface area contributed by atoms with Gasteiger partial charge in [0.05, 0.1) is 6.04 Å². The minimum atomic E-state index is 0.193. The lowest BCUT2D eigenvalue weighted by Gasteiger charge is -2.29. The first-order valence-corrected chi connectivity index (χ1v) is 8.40. The summed E-state index contributed by atoms with van der Waals surface area (Å²) in [5, 5.41) is 6.71. The van der Waals surface area contributed by atoms with Crippen LogP contribution in [0.5, 0.6) is 0 Å². The topological polar surface area (TPSA) is 41.1 Å². The van der Waals surface area contributed by atoms with Gasteiger partial charge in [-0.2, -0.15) is 0 Å². The molecule has 3 nitrogen and oxygen atoms in total. The number of benzene rings is 1. The molecule has 1 saturated carbocycles. The molecule has 114 valence electrons. The Morgan fingerprint density at radius 1 is 1.05 bits per heavy atom. The zero-order valence-corrected chi connectivity index (χ0v) is 12.7. The molecule has 1 aromatic rings. The summed E-state index contributed by atoms with van der Waals surface area (Å²) in [6.07, 6.45) is 7.03. The van der Waals surface area contributed by atoms with Crippen molar-refractivity contribution >= 4 is 5.91 Å². The first-order valence-electron chi connectivity index (χ1n) is 8.40. The summed E-state index contributed by atoms with van der Waals surface area (Å²) in [4.78, 5) is 12.6. The molecule has 1 heterocycles. The normalized spacial score (nSPS) is 22.1. The predicted octanol–water partition coefficient (Wildman–Crippen LogP) is 3.03. The molecule has 2 aliphatic rings. The van der Waals surface area contributed by atoms with Gasteiger partial charge in [0.25, 0.3) is 0 Å². The first-order chi connectivity index (χ1) is 10.3. The van der Waals surface area contributed by atoms with Gasteiger partial charge in [-0.25, -0.2) is 0 Å². The number of carbonyl (C=O) groups excluding carboxylic acids is 1. The number of nitrogens with one attached hydrogen (secondary N) is 2. The molecule has 1 aliphatic carbocycles. The highest BCUT2D eigenvalue weighted by Crippen LogP contribution is 2.36. The van der Waals surface area contributed by atoms with E-state index in [9.17, 15) is 4.79 Å². The molecule has 3 heteroatoms. The quantitative estimate of drug-likeness (QED) is 0.893. The molecular formula is C18H26N2O. The van der Waals surface area contributed by atoms with Crippen molar-refractivity contribution in [3.8, 4) is 0 Å². The summed E-state index contributed by atoms with van der Waals surface area (Å²) in [6.45, 7) is 1.94. The lowest BCUT2D eigenvalue weighted by molar-refractivity contribution is -0.126. The second-order valence-electron chi connectivity index (χ2n) is 6.47. The molecule has 1 atom stereocenters. The second kappa shape index (κ2) is 7.08. The fourth-order valence-electron chi connectivity index (χ4n) is 3.78. The Morgan fingerprint density at radius 2 is 1.71 bits per heavy atom. The molecule has 2 fully saturated rings. The van der Waals surface area contributed by atoms with Crippen LogP contribution in [0.1, 0.15) is 50.1 Å². The van der Waals surface area contributed by atoms with Gasteiger partial charge in [-0.15, -0.1) is 0 Å². The van der Waals surface area contributed by atoms with Crippen molar-refractivity contribution in [2.45, 2.75) is 44.6 Å². The van der Waals surface area contributed by atoms with Crippen LogP contribution >= 0.6 is 0 Å². The Bertz CT molecular complexity index is 448. The molecule has 3 rings (SSSR count). The smallest absolute Gasteiger partial charge is 0.223 e. The number of hydrogen-bond donors (Lipinski definition) is 2. The van der Waals surface area contributed by atoms with Crippen molar-refractivity contribution in [3.05, 3.63) is 35.9 Å². The Labute approximate surface area is 127 Å². The van der Waals surface area contributed by atoms with Crippen LogP contribution in [0.4, 0.5) is 0 Å². The molecular weight excluding hydrogens is 260 g/mol. The van der Waals surface area contributed by atoms with Gasteiger partial charge in [0.15, 0.2) is 0 Å². The number of rotatable bonds is 4. The van der Waals surface area contributed by atoms with Gasteiger partial charge in [0.1, 0.15) is 0 Å². The molecule has 1 amide bonds. The maximum absolute atomic E-state index is 12.6. The lowest BCUT2D eigenvalue weighted by atomic mass is 9.90. The van der Waals surface area contributed by atoms with E-state index in [0.29, 0.717) is 5.92 Å². The van der Waals surface area contributed by atoms with Gasteiger partial charge in [-0.05, 0) is 50.3 Å². The van der Waals surface area contributed by atoms with E-state index < -0.39 is 0 Å². The Morgan fingerprint density at radius 3 is 2.38 bits per heavy atom. The average Bonchev–Trinajstić information content (AvgIpc) is 3.08. The molecule has 1 aliphatic heterocycles. The molecule has 0 radical (unpaired) electrons. The summed E-state index contributed by atoms with van der Waals surface area (Å²) >= 11 is 0. The third-order valence-corrected chi connectivity index (χ3v) is 5.04. The molecule has 21 heavy (non-hydrogen) atoms. The first kappa shape index (κ1) is 14.6. The monoisotopic (exact) mass is 286 g/mol. The third-order valence-electron chi connectivity index (χ3n) is 5.04. The van der Waals surface area contributed by atoms with Crippen LogP contribution in [-0.4, -0.2) is 19.0 Å². The number of hydrogen-bond acceptors (Lipinski definition) is 2. The van der Waals surface area contributed by atoms with Crippen molar-refractivity contribution < 1.29 is 4.79 Å². The minimum absolute atomic E-state index is 0.193. The largest absolute Gasteiger partial charge is 0.349 e. The summed E-state index contributed by atoms with van der Waals surface area (Å²) < 4.78 is 0. The van der Waals surface area contributed by atoms with Crippen molar-refractivity contribution in [3.63, 3.8) is 0 Å². The van der Waals surface area contributed by atoms with Crippen LogP contribution in [0.25, 0.3) is 0 Å². The molecule has 0 bridgehead atoms. The highest BCUT2D eigenvalue weighted by molar-refractivity contribution is 5.79. The van der Waals surface area contributed by atoms with Crippen LogP contribution in [0.15, 0.2) is 30.3 Å². The van der Waals surface area contributed by atoms with Crippen LogP contribution < -0.4 is 10.6 Å². The second-order valence-corrected chi connectivity index (χ2v) is 6.47. The average molecular weight is 286 g/mol. The Kier molecular flexibility index (Phi) is 4.91. The van der Waals surface area contributed by atoms with Gasteiger partial charge in [-0.3, -0.25) is 4.79 Å². The SMILES string of the molecule is O=C(NC(c1ccccc1)C1CCCC1)C1CCNCC1. The Hall–Kier alpha value is -1.35. The van der Waals surface area contributed by atoms with E-state index >= 15 is 0 Å². The Balaban J connectivity index is 1.71. The molecule has 2 N–H and O–H groups in total. The van der Waals surface area contributed by atoms with Gasteiger partial charge in [0, 0.05) is 5.92 Å². The van der Waals surface area contributed by atoms with Crippen LogP contribution in [0.3, 0.4) is 0 Å². The van der Waals surface area contributed by atoms with Crippen molar-refractivity contribution in [1.82, 2.24) is 10.6 Å². The number of amides is 1. The molecule has 0 spiro atoms. The van der Waals surface area contributed by atoms with Gasteiger partial charge in [-0.1, -0.05) is 43.2 Å². The summed E-state index contributed by atoms with van der Waals surface area (Å²) in [5.41, 5.74) is 1.27. The highest BCUT2D eigenvalue weighted by atomic mass is 16.1. The van der Waals surface area contributed by atoms with Crippen molar-refractivity contribution in [2.75, 3.05) is 13.1 Å². The maximum Gasteiger partial charge on any atom is 0.223 e. The summed E-state index contributed by atoms with van der Waals surface area (Å²) in [5.74, 6) is 1.06. The van der Waals surface area contributed by atoms with Gasteiger partial charge < -0.3 is 10.6 Å². The van der Waals surface area contributed by atoms with E-state index in [1.54, 1.807) is 0 Å². The van der Waals surface area contributed by atoms with Crippen LogP contribution in [0.2, 0.25) is 0 Å². The van der Waals surface area contributed by atoms with Crippen molar-refractivity contribution in [2.24, 2.45) is 11.8 Å². The molecule has 1 aromatic carbocycles. The zero-order valence-electron chi connectivity index (χ0n) is 12.7. The number of piperidine rings is 1. The molecule has 0 aromatic heterocycles. The van der Waals surface area contributed by atoms with Crippen LogP contribution in [0, 0.1) is 11.8 Å². The molecule has 1 saturated heterocycles. The fraction of sp³-hybridized carbons (Fsp3) is 0.611. The fourth-order valence-corrected chi connectivity index (χ4v) is 3.78. The van der Waals surface area contributed by atoms with E-state index in [0.717, 1.165) is 25.9 Å². The molecule has 1 unspecified atom stereocenters. The van der Waals surface area contributed by atoms with Crippen molar-refractivity contribution in [1.29, 1.82) is 0 Å². The maximum atomic E-state index is 12.6. The van der Waals surface area contributed by atoms with E-state index in [1.165, 1.54) is 31.2 Å². The van der Waals surface area contributed by atoms with E-state index in [2.05, 4.69) is 34.9 Å². The number of carbonyl (C=O) groups is 1. The third kappa shape index (κ3) is 3.65. The summed E-state index contributed by atoms with van der Waals surface area (Å²) in [7, 11) is 0. The summed E-state index contributed by atoms with van der Waals surface area (Å²) in [6, 6.07) is 10.7. The highest BCUT2D eigenvalue weighted by Gasteiger charge is 2.30. The zero-order chi connectivity index (χ0) is 14.5. The van der Waals surface area contributed by atoms with Gasteiger partial charge in [0.2, 0.25) is 5.91 Å². The standard InChI is InChI=1S/C18H26N2O/c21-18(16-10-12-19-13-11-16)20-17(15-8-4-5-9-15)14-6-2-1-3-7-14/h1-3,6-7,15-17,19H,4-5,8-13H2,(H,20,21). The van der Waals surface area contributed by atoms with E-state index in [1.807, 2.05) is 6.07 Å². The van der Waals surface area contributed by atoms with Crippen LogP contribution in [-0.2, 0) is 4.79 Å².